The maximum Gasteiger partial charge on any atom is 0.264 e. The number of aromatic nitrogens is 1. The van der Waals surface area contributed by atoms with Gasteiger partial charge in [-0.2, -0.15) is 0 Å². The zero-order valence-corrected chi connectivity index (χ0v) is 21.2. The SMILES string of the molecule is CC(C)Cc1cc(-c2ccc(CCNC[C@@H](O)c3cccnc3)cc2)ccc1C(=O)NS(C)(=O)=O. The minimum atomic E-state index is -3.63. The van der Waals surface area contributed by atoms with Gasteiger partial charge >= 0.3 is 0 Å². The molecule has 3 aromatic rings. The van der Waals surface area contributed by atoms with Crippen molar-refractivity contribution in [1.29, 1.82) is 0 Å². The number of benzene rings is 2. The summed E-state index contributed by atoms with van der Waals surface area (Å²) in [6, 6.07) is 17.4. The average molecular weight is 496 g/mol. The van der Waals surface area contributed by atoms with Gasteiger partial charge in [0.15, 0.2) is 0 Å². The average Bonchev–Trinajstić information content (AvgIpc) is 2.81. The molecule has 0 spiro atoms. The second-order valence-corrected chi connectivity index (χ2v) is 10.9. The van der Waals surface area contributed by atoms with Gasteiger partial charge in [-0.05, 0) is 59.7 Å². The Balaban J connectivity index is 1.64. The van der Waals surface area contributed by atoms with Crippen LogP contribution < -0.4 is 10.0 Å². The van der Waals surface area contributed by atoms with Gasteiger partial charge in [-0.1, -0.05) is 56.3 Å². The molecule has 0 aliphatic heterocycles. The van der Waals surface area contributed by atoms with Crippen LogP contribution in [0.3, 0.4) is 0 Å². The van der Waals surface area contributed by atoms with Crippen molar-refractivity contribution in [3.8, 4) is 11.1 Å². The van der Waals surface area contributed by atoms with E-state index in [1.165, 1.54) is 5.56 Å². The Bertz CT molecular complexity index is 1230. The highest BCUT2D eigenvalue weighted by Crippen LogP contribution is 2.25. The normalized spacial score (nSPS) is 12.5. The Kier molecular flexibility index (Phi) is 9.14. The summed E-state index contributed by atoms with van der Waals surface area (Å²) in [6.45, 7) is 5.31. The zero-order valence-electron chi connectivity index (χ0n) is 20.4. The molecular formula is C27H33N3O4S. The minimum Gasteiger partial charge on any atom is -0.387 e. The molecule has 1 heterocycles. The highest BCUT2D eigenvalue weighted by Gasteiger charge is 2.17. The first-order valence-corrected chi connectivity index (χ1v) is 13.5. The second kappa shape index (κ2) is 12.1. The standard InChI is InChI=1S/C27H33N3O4S/c1-19(2)15-24-16-22(10-11-25(24)27(32)30-35(3,33)34)21-8-6-20(7-9-21)12-14-29-18-26(31)23-5-4-13-28-17-23/h4-11,13,16-17,19,26,29,31H,12,14-15,18H2,1-3H3,(H,30,32)/t26-/m1/s1. The van der Waals surface area contributed by atoms with Crippen molar-refractivity contribution < 1.29 is 18.3 Å². The lowest BCUT2D eigenvalue weighted by molar-refractivity contribution is 0.0980. The van der Waals surface area contributed by atoms with Crippen LogP contribution in [0.2, 0.25) is 0 Å². The van der Waals surface area contributed by atoms with Crippen LogP contribution in [-0.4, -0.2) is 43.8 Å². The van der Waals surface area contributed by atoms with Crippen LogP contribution in [0.5, 0.6) is 0 Å². The summed E-state index contributed by atoms with van der Waals surface area (Å²) in [5, 5.41) is 13.5. The molecule has 1 atom stereocenters. The van der Waals surface area contributed by atoms with Crippen molar-refractivity contribution in [1.82, 2.24) is 15.0 Å². The first-order valence-electron chi connectivity index (χ1n) is 11.7. The second-order valence-electron chi connectivity index (χ2n) is 9.13. The van der Waals surface area contributed by atoms with E-state index in [2.05, 4.69) is 41.0 Å². The van der Waals surface area contributed by atoms with E-state index in [1.807, 2.05) is 36.4 Å². The Morgan fingerprint density at radius 1 is 1.06 bits per heavy atom. The molecule has 7 nitrogen and oxygen atoms in total. The van der Waals surface area contributed by atoms with E-state index in [1.54, 1.807) is 18.5 Å². The van der Waals surface area contributed by atoms with Crippen LogP contribution in [0.1, 0.15) is 47.0 Å². The molecule has 8 heteroatoms. The lowest BCUT2D eigenvalue weighted by Gasteiger charge is -2.14. The number of hydrogen-bond acceptors (Lipinski definition) is 6. The van der Waals surface area contributed by atoms with E-state index in [4.69, 9.17) is 0 Å². The van der Waals surface area contributed by atoms with E-state index >= 15 is 0 Å². The van der Waals surface area contributed by atoms with Crippen molar-refractivity contribution in [2.24, 2.45) is 5.92 Å². The Morgan fingerprint density at radius 2 is 1.77 bits per heavy atom. The molecule has 0 radical (unpaired) electrons. The maximum absolute atomic E-state index is 12.5. The Hall–Kier alpha value is -3.07. The molecule has 3 N–H and O–H groups in total. The first kappa shape index (κ1) is 26.5. The van der Waals surface area contributed by atoms with Crippen molar-refractivity contribution in [3.63, 3.8) is 0 Å². The fourth-order valence-corrected chi connectivity index (χ4v) is 4.30. The van der Waals surface area contributed by atoms with Crippen LogP contribution in [0.4, 0.5) is 0 Å². The number of amides is 1. The van der Waals surface area contributed by atoms with Crippen LogP contribution in [-0.2, 0) is 22.9 Å². The van der Waals surface area contributed by atoms with Gasteiger partial charge in [-0.3, -0.25) is 9.78 Å². The third-order valence-electron chi connectivity index (χ3n) is 5.54. The predicted octanol–water partition coefficient (Wildman–Crippen LogP) is 3.50. The van der Waals surface area contributed by atoms with Gasteiger partial charge in [0.05, 0.1) is 12.4 Å². The summed E-state index contributed by atoms with van der Waals surface area (Å²) >= 11 is 0. The molecular weight excluding hydrogens is 462 g/mol. The largest absolute Gasteiger partial charge is 0.387 e. The molecule has 0 aliphatic rings. The maximum atomic E-state index is 12.5. The number of aliphatic hydroxyl groups excluding tert-OH is 1. The number of rotatable bonds is 11. The molecule has 1 amide bonds. The van der Waals surface area contributed by atoms with Gasteiger partial charge in [0.2, 0.25) is 10.0 Å². The van der Waals surface area contributed by atoms with Crippen LogP contribution in [0, 0.1) is 5.92 Å². The molecule has 0 bridgehead atoms. The zero-order chi connectivity index (χ0) is 25.4. The van der Waals surface area contributed by atoms with Gasteiger partial charge in [0, 0.05) is 30.1 Å². The number of hydrogen-bond donors (Lipinski definition) is 3. The molecule has 3 rings (SSSR count). The lowest BCUT2D eigenvalue weighted by atomic mass is 9.93. The van der Waals surface area contributed by atoms with E-state index in [-0.39, 0.29) is 0 Å². The molecule has 0 saturated heterocycles. The summed E-state index contributed by atoms with van der Waals surface area (Å²) in [6.07, 6.45) is 5.22. The number of nitrogens with one attached hydrogen (secondary N) is 2. The summed E-state index contributed by atoms with van der Waals surface area (Å²) in [7, 11) is -3.63. The van der Waals surface area contributed by atoms with Crippen molar-refractivity contribution in [2.75, 3.05) is 19.3 Å². The molecule has 0 aliphatic carbocycles. The number of carbonyl (C=O) groups is 1. The number of nitrogens with zero attached hydrogens (tertiary/aromatic N) is 1. The predicted molar refractivity (Wildman–Crippen MR) is 139 cm³/mol. The Morgan fingerprint density at radius 3 is 2.40 bits per heavy atom. The molecule has 35 heavy (non-hydrogen) atoms. The van der Waals surface area contributed by atoms with E-state index < -0.39 is 22.0 Å². The molecule has 0 unspecified atom stereocenters. The monoisotopic (exact) mass is 495 g/mol. The Labute approximate surface area is 207 Å². The van der Waals surface area contributed by atoms with E-state index in [0.717, 1.165) is 41.5 Å². The fraction of sp³-hybridized carbons (Fsp3) is 0.333. The lowest BCUT2D eigenvalue weighted by Crippen LogP contribution is -2.30. The molecule has 0 saturated carbocycles. The fourth-order valence-electron chi connectivity index (χ4n) is 3.85. The van der Waals surface area contributed by atoms with Crippen LogP contribution in [0.15, 0.2) is 67.0 Å². The number of sulfonamides is 1. The van der Waals surface area contributed by atoms with Gasteiger partial charge in [0.25, 0.3) is 5.91 Å². The quantitative estimate of drug-likeness (QED) is 0.352. The van der Waals surface area contributed by atoms with Crippen molar-refractivity contribution >= 4 is 15.9 Å². The number of carbonyl (C=O) groups excluding carboxylic acids is 1. The van der Waals surface area contributed by atoms with E-state index in [0.29, 0.717) is 24.4 Å². The molecule has 0 fully saturated rings. The summed E-state index contributed by atoms with van der Waals surface area (Å²) in [4.78, 5) is 16.5. The first-order chi connectivity index (χ1) is 16.6. The summed E-state index contributed by atoms with van der Waals surface area (Å²) in [5.74, 6) is -0.298. The number of aliphatic hydroxyl groups is 1. The third-order valence-corrected chi connectivity index (χ3v) is 6.10. The molecule has 186 valence electrons. The molecule has 2 aromatic carbocycles. The van der Waals surface area contributed by atoms with Gasteiger partial charge < -0.3 is 10.4 Å². The van der Waals surface area contributed by atoms with Crippen LogP contribution in [0.25, 0.3) is 11.1 Å². The summed E-state index contributed by atoms with van der Waals surface area (Å²) < 4.78 is 25.1. The third kappa shape index (κ3) is 8.28. The van der Waals surface area contributed by atoms with Gasteiger partial charge in [0.1, 0.15) is 0 Å². The highest BCUT2D eigenvalue weighted by molar-refractivity contribution is 7.89. The number of pyridine rings is 1. The smallest absolute Gasteiger partial charge is 0.264 e. The molecule has 1 aromatic heterocycles. The minimum absolute atomic E-state index is 0.307. The van der Waals surface area contributed by atoms with Gasteiger partial charge in [-0.15, -0.1) is 0 Å². The van der Waals surface area contributed by atoms with Gasteiger partial charge in [-0.25, -0.2) is 13.1 Å². The van der Waals surface area contributed by atoms with E-state index in [9.17, 15) is 18.3 Å². The van der Waals surface area contributed by atoms with Crippen molar-refractivity contribution in [2.45, 2.75) is 32.8 Å². The van der Waals surface area contributed by atoms with Crippen LogP contribution >= 0.6 is 0 Å². The topological polar surface area (TPSA) is 108 Å². The van der Waals surface area contributed by atoms with Crippen molar-refractivity contribution in [3.05, 3.63) is 89.2 Å². The summed E-state index contributed by atoms with van der Waals surface area (Å²) in [5.41, 5.74) is 5.16. The highest BCUT2D eigenvalue weighted by atomic mass is 32.2.